The number of piperazine rings is 1. The zero-order valence-corrected chi connectivity index (χ0v) is 16.0. The molecule has 0 unspecified atom stereocenters. The third-order valence-corrected chi connectivity index (χ3v) is 6.62. The van der Waals surface area contributed by atoms with Crippen LogP contribution >= 0.6 is 15.9 Å². The molecule has 130 valence electrons. The Bertz CT molecular complexity index is 610. The predicted octanol–water partition coefficient (Wildman–Crippen LogP) is 3.79. The minimum Gasteiger partial charge on any atom is -0.496 e. The Kier molecular flexibility index (Phi) is 4.98. The van der Waals surface area contributed by atoms with Gasteiger partial charge in [0.15, 0.2) is 0 Å². The number of allylic oxidation sites excluding steroid dienone is 2. The first-order valence-corrected chi connectivity index (χ1v) is 9.96. The predicted molar refractivity (Wildman–Crippen MR) is 101 cm³/mol. The number of benzene rings is 1. The first-order valence-electron chi connectivity index (χ1n) is 9.16. The average molecular weight is 391 g/mol. The molecular weight excluding hydrogens is 364 g/mol. The molecule has 3 atom stereocenters. The number of hydrogen-bond acceptors (Lipinski definition) is 3. The molecule has 4 rings (SSSR count). The number of halogens is 1. The summed E-state index contributed by atoms with van der Waals surface area (Å²) in [6.07, 6.45) is 7.79. The van der Waals surface area contributed by atoms with E-state index >= 15 is 0 Å². The van der Waals surface area contributed by atoms with E-state index < -0.39 is 0 Å². The summed E-state index contributed by atoms with van der Waals surface area (Å²) in [4.78, 5) is 5.27. The Morgan fingerprint density at radius 3 is 2.50 bits per heavy atom. The van der Waals surface area contributed by atoms with E-state index in [1.165, 1.54) is 51.1 Å². The van der Waals surface area contributed by atoms with Crippen LogP contribution in [0.4, 0.5) is 0 Å². The number of fused-ring (bicyclic) bond motifs is 2. The van der Waals surface area contributed by atoms with Crippen molar-refractivity contribution in [2.24, 2.45) is 17.8 Å². The van der Waals surface area contributed by atoms with E-state index in [0.29, 0.717) is 0 Å². The average Bonchev–Trinajstić information content (AvgIpc) is 3.20. The molecule has 1 saturated carbocycles. The molecule has 3 aliphatic rings. The van der Waals surface area contributed by atoms with Crippen LogP contribution in [-0.4, -0.2) is 49.6 Å². The largest absolute Gasteiger partial charge is 0.496 e. The first-order chi connectivity index (χ1) is 11.7. The molecular formula is C20H27BrN2O. The number of methoxy groups -OCH3 is 1. The highest BCUT2D eigenvalue weighted by Gasteiger charge is 2.36. The maximum atomic E-state index is 5.32. The third kappa shape index (κ3) is 3.56. The van der Waals surface area contributed by atoms with Gasteiger partial charge < -0.3 is 9.64 Å². The summed E-state index contributed by atoms with van der Waals surface area (Å²) < 4.78 is 6.36. The first kappa shape index (κ1) is 16.6. The van der Waals surface area contributed by atoms with Crippen LogP contribution in [0.5, 0.6) is 5.75 Å². The Balaban J connectivity index is 1.25. The highest BCUT2D eigenvalue weighted by Crippen LogP contribution is 2.43. The molecule has 1 aliphatic heterocycles. The second-order valence-corrected chi connectivity index (χ2v) is 8.44. The van der Waals surface area contributed by atoms with Gasteiger partial charge in [0.1, 0.15) is 5.75 Å². The van der Waals surface area contributed by atoms with Gasteiger partial charge in [0, 0.05) is 39.3 Å². The molecule has 1 aromatic carbocycles. The molecule has 0 N–H and O–H groups in total. The zero-order chi connectivity index (χ0) is 16.5. The van der Waals surface area contributed by atoms with Crippen molar-refractivity contribution in [1.29, 1.82) is 0 Å². The number of ether oxygens (including phenoxy) is 1. The Morgan fingerprint density at radius 1 is 1.08 bits per heavy atom. The lowest BCUT2D eigenvalue weighted by atomic mass is 9.93. The molecule has 0 spiro atoms. The van der Waals surface area contributed by atoms with E-state index in [0.717, 1.165) is 34.5 Å². The van der Waals surface area contributed by atoms with Crippen LogP contribution in [-0.2, 0) is 6.54 Å². The van der Waals surface area contributed by atoms with E-state index in [2.05, 4.69) is 56.1 Å². The third-order valence-electron chi connectivity index (χ3n) is 6.00. The van der Waals surface area contributed by atoms with Gasteiger partial charge in [0.25, 0.3) is 0 Å². The fraction of sp³-hybridized carbons (Fsp3) is 0.600. The Labute approximate surface area is 153 Å². The molecule has 4 heteroatoms. The lowest BCUT2D eigenvalue weighted by Gasteiger charge is -2.37. The molecule has 1 heterocycles. The summed E-state index contributed by atoms with van der Waals surface area (Å²) in [6, 6.07) is 6.42. The van der Waals surface area contributed by atoms with Crippen molar-refractivity contribution in [3.63, 3.8) is 0 Å². The quantitative estimate of drug-likeness (QED) is 0.711. The molecule has 2 fully saturated rings. The van der Waals surface area contributed by atoms with E-state index in [4.69, 9.17) is 4.74 Å². The normalized spacial score (nSPS) is 30.2. The molecule has 3 nitrogen and oxygen atoms in total. The van der Waals surface area contributed by atoms with Gasteiger partial charge in [-0.3, -0.25) is 4.90 Å². The van der Waals surface area contributed by atoms with Crippen LogP contribution in [0.1, 0.15) is 18.4 Å². The van der Waals surface area contributed by atoms with Crippen molar-refractivity contribution in [1.82, 2.24) is 9.80 Å². The molecule has 24 heavy (non-hydrogen) atoms. The zero-order valence-electron chi connectivity index (χ0n) is 14.5. The van der Waals surface area contributed by atoms with Gasteiger partial charge in [-0.05, 0) is 64.2 Å². The maximum Gasteiger partial charge on any atom is 0.133 e. The minimum atomic E-state index is 0.879. The van der Waals surface area contributed by atoms with Crippen LogP contribution < -0.4 is 4.74 Å². The van der Waals surface area contributed by atoms with Gasteiger partial charge in [-0.1, -0.05) is 18.2 Å². The maximum absolute atomic E-state index is 5.32. The molecule has 1 aromatic rings. The van der Waals surface area contributed by atoms with Crippen LogP contribution in [0.2, 0.25) is 0 Å². The fourth-order valence-electron chi connectivity index (χ4n) is 4.63. The van der Waals surface area contributed by atoms with Gasteiger partial charge >= 0.3 is 0 Å². The van der Waals surface area contributed by atoms with Crippen molar-refractivity contribution in [3.8, 4) is 5.75 Å². The number of nitrogens with zero attached hydrogens (tertiary/aromatic N) is 2. The van der Waals surface area contributed by atoms with E-state index in [1.54, 1.807) is 7.11 Å². The molecule has 1 saturated heterocycles. The molecule has 2 aliphatic carbocycles. The molecule has 0 amide bonds. The summed E-state index contributed by atoms with van der Waals surface area (Å²) in [5.74, 6) is 3.60. The van der Waals surface area contributed by atoms with Gasteiger partial charge in [0.2, 0.25) is 0 Å². The summed E-state index contributed by atoms with van der Waals surface area (Å²) in [6.45, 7) is 7.14. The lowest BCUT2D eigenvalue weighted by molar-refractivity contribution is 0.108. The van der Waals surface area contributed by atoms with Crippen molar-refractivity contribution in [3.05, 3.63) is 40.4 Å². The Hall–Kier alpha value is -0.840. The van der Waals surface area contributed by atoms with Crippen LogP contribution in [0.25, 0.3) is 0 Å². The van der Waals surface area contributed by atoms with Gasteiger partial charge in [-0.15, -0.1) is 0 Å². The summed E-state index contributed by atoms with van der Waals surface area (Å²) in [5, 5.41) is 0. The lowest BCUT2D eigenvalue weighted by Crippen LogP contribution is -2.47. The monoisotopic (exact) mass is 390 g/mol. The van der Waals surface area contributed by atoms with E-state index in [1.807, 2.05) is 0 Å². The van der Waals surface area contributed by atoms with E-state index in [9.17, 15) is 0 Å². The number of hydrogen-bond donors (Lipinski definition) is 0. The smallest absolute Gasteiger partial charge is 0.133 e. The second-order valence-electron chi connectivity index (χ2n) is 7.59. The molecule has 0 aromatic heterocycles. The van der Waals surface area contributed by atoms with Crippen molar-refractivity contribution in [2.45, 2.75) is 19.4 Å². The Morgan fingerprint density at radius 2 is 1.88 bits per heavy atom. The van der Waals surface area contributed by atoms with Crippen molar-refractivity contribution < 1.29 is 4.74 Å². The second kappa shape index (κ2) is 7.19. The van der Waals surface area contributed by atoms with Crippen LogP contribution in [0, 0.1) is 17.8 Å². The summed E-state index contributed by atoms with van der Waals surface area (Å²) in [7, 11) is 1.71. The summed E-state index contributed by atoms with van der Waals surface area (Å²) in [5.41, 5.74) is 1.36. The number of rotatable bonds is 5. The SMILES string of the molecule is COc1ccc(CN2CCN(C[C@H]3C[C@H]4C=C[C@@H]3C4)CC2)cc1Br. The van der Waals surface area contributed by atoms with Crippen molar-refractivity contribution in [2.75, 3.05) is 39.8 Å². The molecule has 0 radical (unpaired) electrons. The van der Waals surface area contributed by atoms with E-state index in [-0.39, 0.29) is 0 Å². The van der Waals surface area contributed by atoms with Gasteiger partial charge in [-0.2, -0.15) is 0 Å². The van der Waals surface area contributed by atoms with Crippen LogP contribution in [0.3, 0.4) is 0 Å². The van der Waals surface area contributed by atoms with Gasteiger partial charge in [-0.25, -0.2) is 0 Å². The standard InChI is InChI=1S/C20H27BrN2O/c1-24-20-5-3-16(12-19(20)21)13-22-6-8-23(9-7-22)14-18-11-15-2-4-17(18)10-15/h2-5,12,15,17-18H,6-11,13-14H2,1H3/t15-,17+,18+/m0/s1. The van der Waals surface area contributed by atoms with Crippen molar-refractivity contribution >= 4 is 15.9 Å². The topological polar surface area (TPSA) is 15.7 Å². The van der Waals surface area contributed by atoms with Gasteiger partial charge in [0.05, 0.1) is 11.6 Å². The summed E-state index contributed by atoms with van der Waals surface area (Å²) >= 11 is 3.59. The highest BCUT2D eigenvalue weighted by atomic mass is 79.9. The van der Waals surface area contributed by atoms with Crippen LogP contribution in [0.15, 0.2) is 34.8 Å². The highest BCUT2D eigenvalue weighted by molar-refractivity contribution is 9.10. The minimum absolute atomic E-state index is 0.879. The fourth-order valence-corrected chi connectivity index (χ4v) is 5.22. The molecule has 2 bridgehead atoms.